The van der Waals surface area contributed by atoms with Crippen molar-refractivity contribution in [2.24, 2.45) is 11.1 Å². The van der Waals surface area contributed by atoms with E-state index in [2.05, 4.69) is 37.2 Å². The van der Waals surface area contributed by atoms with Crippen molar-refractivity contribution in [3.05, 3.63) is 30.1 Å². The van der Waals surface area contributed by atoms with E-state index in [4.69, 9.17) is 5.73 Å². The Morgan fingerprint density at radius 3 is 2.62 bits per heavy atom. The minimum Gasteiger partial charge on any atom is -0.328 e. The molecule has 2 N–H and O–H groups in total. The highest BCUT2D eigenvalue weighted by atomic mass is 16.1. The molecule has 2 rings (SSSR count). The Morgan fingerprint density at radius 2 is 2.00 bits per heavy atom. The SMILES string of the molecule is CCn1c(CC(=O)CC(N)C(C)(C)C)nc2ccccc21. The summed E-state index contributed by atoms with van der Waals surface area (Å²) in [5, 5.41) is 0. The van der Waals surface area contributed by atoms with E-state index in [0.717, 1.165) is 23.4 Å². The summed E-state index contributed by atoms with van der Waals surface area (Å²) < 4.78 is 2.11. The first kappa shape index (κ1) is 15.7. The van der Waals surface area contributed by atoms with Crippen LogP contribution in [0, 0.1) is 5.41 Å². The second-order valence-corrected chi connectivity index (χ2v) is 6.65. The molecular formula is C17H25N3O. The fraction of sp³-hybridized carbons (Fsp3) is 0.529. The molecular weight excluding hydrogens is 262 g/mol. The molecule has 0 radical (unpaired) electrons. The molecule has 2 aromatic rings. The lowest BCUT2D eigenvalue weighted by atomic mass is 9.84. The van der Waals surface area contributed by atoms with Crippen molar-refractivity contribution < 1.29 is 4.79 Å². The largest absolute Gasteiger partial charge is 0.328 e. The van der Waals surface area contributed by atoms with Gasteiger partial charge in [-0.2, -0.15) is 0 Å². The molecule has 1 atom stereocenters. The monoisotopic (exact) mass is 287 g/mol. The Hall–Kier alpha value is -1.68. The molecule has 1 heterocycles. The van der Waals surface area contributed by atoms with Crippen LogP contribution in [0.4, 0.5) is 0 Å². The summed E-state index contributed by atoms with van der Waals surface area (Å²) >= 11 is 0. The van der Waals surface area contributed by atoms with Crippen molar-refractivity contribution in [3.8, 4) is 0 Å². The summed E-state index contributed by atoms with van der Waals surface area (Å²) in [7, 11) is 0. The maximum Gasteiger partial charge on any atom is 0.141 e. The first-order valence-electron chi connectivity index (χ1n) is 7.54. The summed E-state index contributed by atoms with van der Waals surface area (Å²) in [5.74, 6) is 0.993. The van der Waals surface area contributed by atoms with E-state index < -0.39 is 0 Å². The van der Waals surface area contributed by atoms with Crippen LogP contribution in [0.2, 0.25) is 0 Å². The van der Waals surface area contributed by atoms with E-state index in [-0.39, 0.29) is 17.2 Å². The van der Waals surface area contributed by atoms with Crippen molar-refractivity contribution in [1.29, 1.82) is 0 Å². The van der Waals surface area contributed by atoms with Gasteiger partial charge in [-0.3, -0.25) is 4.79 Å². The average molecular weight is 287 g/mol. The van der Waals surface area contributed by atoms with Crippen LogP contribution in [0.25, 0.3) is 11.0 Å². The first-order valence-corrected chi connectivity index (χ1v) is 7.54. The van der Waals surface area contributed by atoms with Gasteiger partial charge in [0.05, 0.1) is 17.5 Å². The lowest BCUT2D eigenvalue weighted by molar-refractivity contribution is -0.119. The smallest absolute Gasteiger partial charge is 0.141 e. The molecule has 4 heteroatoms. The Kier molecular flexibility index (Phi) is 4.47. The molecule has 1 aromatic heterocycles. The number of rotatable bonds is 5. The lowest BCUT2D eigenvalue weighted by Crippen LogP contribution is -2.37. The van der Waals surface area contributed by atoms with E-state index in [1.807, 2.05) is 24.3 Å². The van der Waals surface area contributed by atoms with E-state index in [1.54, 1.807) is 0 Å². The van der Waals surface area contributed by atoms with Crippen LogP contribution in [-0.2, 0) is 17.8 Å². The quantitative estimate of drug-likeness (QED) is 0.919. The number of ketones is 1. The number of nitrogens with zero attached hydrogens (tertiary/aromatic N) is 2. The van der Waals surface area contributed by atoms with Crippen LogP contribution >= 0.6 is 0 Å². The summed E-state index contributed by atoms with van der Waals surface area (Å²) in [6.45, 7) is 9.07. The van der Waals surface area contributed by atoms with Gasteiger partial charge in [-0.25, -0.2) is 4.98 Å². The molecule has 21 heavy (non-hydrogen) atoms. The van der Waals surface area contributed by atoms with Gasteiger partial charge in [-0.15, -0.1) is 0 Å². The van der Waals surface area contributed by atoms with E-state index >= 15 is 0 Å². The number of hydrogen-bond donors (Lipinski definition) is 1. The van der Waals surface area contributed by atoms with Crippen LogP contribution in [0.3, 0.4) is 0 Å². The molecule has 0 amide bonds. The third-order valence-corrected chi connectivity index (χ3v) is 3.97. The third kappa shape index (κ3) is 3.50. The number of para-hydroxylation sites is 2. The number of carbonyl (C=O) groups excluding carboxylic acids is 1. The predicted molar refractivity (Wildman–Crippen MR) is 86.2 cm³/mol. The molecule has 0 bridgehead atoms. The normalized spacial score (nSPS) is 13.6. The molecule has 1 aromatic carbocycles. The highest BCUT2D eigenvalue weighted by Crippen LogP contribution is 2.21. The number of aryl methyl sites for hydroxylation is 1. The molecule has 0 fully saturated rings. The van der Waals surface area contributed by atoms with Crippen molar-refractivity contribution in [2.75, 3.05) is 0 Å². The summed E-state index contributed by atoms with van der Waals surface area (Å²) in [4.78, 5) is 16.9. The lowest BCUT2D eigenvalue weighted by Gasteiger charge is -2.26. The van der Waals surface area contributed by atoms with Crippen LogP contribution in [-0.4, -0.2) is 21.4 Å². The van der Waals surface area contributed by atoms with Crippen molar-refractivity contribution in [1.82, 2.24) is 9.55 Å². The number of benzene rings is 1. The number of aromatic nitrogens is 2. The summed E-state index contributed by atoms with van der Waals surface area (Å²) in [6, 6.07) is 7.87. The fourth-order valence-electron chi connectivity index (χ4n) is 2.41. The number of nitrogens with two attached hydrogens (primary N) is 1. The van der Waals surface area contributed by atoms with Gasteiger partial charge in [-0.05, 0) is 24.5 Å². The molecule has 114 valence electrons. The van der Waals surface area contributed by atoms with Gasteiger partial charge in [0.2, 0.25) is 0 Å². The zero-order valence-corrected chi connectivity index (χ0v) is 13.4. The summed E-state index contributed by atoms with van der Waals surface area (Å²) in [6.07, 6.45) is 0.753. The average Bonchev–Trinajstić information content (AvgIpc) is 2.74. The standard InChI is InChI=1S/C17H25N3O/c1-5-20-14-9-7-6-8-13(14)19-16(20)11-12(21)10-15(18)17(2,3)4/h6-9,15H,5,10-11,18H2,1-4H3. The topological polar surface area (TPSA) is 60.9 Å². The minimum absolute atomic E-state index is 0.0550. The highest BCUT2D eigenvalue weighted by molar-refractivity contribution is 5.83. The first-order chi connectivity index (χ1) is 9.82. The number of Topliss-reactive ketones (excluding diaryl/α,β-unsaturated/α-hetero) is 1. The Morgan fingerprint density at radius 1 is 1.33 bits per heavy atom. The van der Waals surface area contributed by atoms with Gasteiger partial charge in [-0.1, -0.05) is 32.9 Å². The van der Waals surface area contributed by atoms with Crippen LogP contribution < -0.4 is 5.73 Å². The molecule has 0 aliphatic carbocycles. The van der Waals surface area contributed by atoms with Crippen LogP contribution in [0.1, 0.15) is 39.9 Å². The van der Waals surface area contributed by atoms with Crippen LogP contribution in [0.15, 0.2) is 24.3 Å². The maximum absolute atomic E-state index is 12.3. The van der Waals surface area contributed by atoms with Crippen molar-refractivity contribution in [3.63, 3.8) is 0 Å². The van der Waals surface area contributed by atoms with Gasteiger partial charge >= 0.3 is 0 Å². The second kappa shape index (κ2) is 5.98. The third-order valence-electron chi connectivity index (χ3n) is 3.97. The molecule has 0 saturated carbocycles. The molecule has 0 aliphatic heterocycles. The van der Waals surface area contributed by atoms with Crippen molar-refractivity contribution >= 4 is 16.8 Å². The van der Waals surface area contributed by atoms with Gasteiger partial charge < -0.3 is 10.3 Å². The molecule has 0 aliphatic rings. The van der Waals surface area contributed by atoms with Crippen LogP contribution in [0.5, 0.6) is 0 Å². The molecule has 0 spiro atoms. The van der Waals surface area contributed by atoms with E-state index in [0.29, 0.717) is 12.8 Å². The number of fused-ring (bicyclic) bond motifs is 1. The second-order valence-electron chi connectivity index (χ2n) is 6.65. The molecule has 1 unspecified atom stereocenters. The molecule has 0 saturated heterocycles. The van der Waals surface area contributed by atoms with Crippen molar-refractivity contribution in [2.45, 2.75) is 53.1 Å². The summed E-state index contributed by atoms with van der Waals surface area (Å²) in [5.41, 5.74) is 8.08. The molecule has 4 nitrogen and oxygen atoms in total. The maximum atomic E-state index is 12.3. The number of imidazole rings is 1. The number of hydrogen-bond acceptors (Lipinski definition) is 3. The zero-order chi connectivity index (χ0) is 15.6. The van der Waals surface area contributed by atoms with Gasteiger partial charge in [0.15, 0.2) is 0 Å². The Bertz CT molecular complexity index is 637. The predicted octanol–water partition coefficient (Wildman–Crippen LogP) is 2.93. The Labute approximate surface area is 126 Å². The highest BCUT2D eigenvalue weighted by Gasteiger charge is 2.24. The van der Waals surface area contributed by atoms with E-state index in [1.165, 1.54) is 0 Å². The number of carbonyl (C=O) groups is 1. The van der Waals surface area contributed by atoms with E-state index in [9.17, 15) is 4.79 Å². The van der Waals surface area contributed by atoms with Gasteiger partial charge in [0.25, 0.3) is 0 Å². The Balaban J connectivity index is 2.18. The fourth-order valence-corrected chi connectivity index (χ4v) is 2.41. The minimum atomic E-state index is -0.121. The van der Waals surface area contributed by atoms with Gasteiger partial charge in [0.1, 0.15) is 11.6 Å². The zero-order valence-electron chi connectivity index (χ0n) is 13.4. The van der Waals surface area contributed by atoms with Gasteiger partial charge in [0, 0.05) is 19.0 Å².